The Morgan fingerprint density at radius 1 is 1.05 bits per heavy atom. The highest BCUT2D eigenvalue weighted by Crippen LogP contribution is 2.58. The van der Waals surface area contributed by atoms with E-state index in [1.165, 1.54) is 12.8 Å². The molecular formula is C20H30. The molecule has 0 amide bonds. The second-order valence-electron chi connectivity index (χ2n) is 9.16. The van der Waals surface area contributed by atoms with Crippen molar-refractivity contribution in [2.45, 2.75) is 66.2 Å². The molecule has 2 fully saturated rings. The molecule has 5 atom stereocenters. The normalized spacial score (nSPS) is 43.4. The fraction of sp³-hybridized carbons (Fsp3) is 0.800. The number of fused-ring (bicyclic) bond motifs is 2. The Hall–Kier alpha value is -0.520. The van der Waals surface area contributed by atoms with E-state index in [2.05, 4.69) is 33.8 Å². The molecule has 4 aliphatic rings. The average molecular weight is 270 g/mol. The lowest BCUT2D eigenvalue weighted by atomic mass is 9.74. The Kier molecular flexibility index (Phi) is 2.79. The molecule has 0 saturated heterocycles. The van der Waals surface area contributed by atoms with Gasteiger partial charge in [-0.15, -0.1) is 0 Å². The minimum absolute atomic E-state index is 0.364. The third-order valence-electron chi connectivity index (χ3n) is 6.94. The van der Waals surface area contributed by atoms with Gasteiger partial charge in [-0.05, 0) is 72.7 Å². The summed E-state index contributed by atoms with van der Waals surface area (Å²) in [6.45, 7) is 9.64. The van der Waals surface area contributed by atoms with Crippen LogP contribution in [0.2, 0.25) is 0 Å². The number of allylic oxidation sites excluding steroid dienone is 4. The zero-order valence-electron chi connectivity index (χ0n) is 13.7. The van der Waals surface area contributed by atoms with Crippen molar-refractivity contribution in [3.05, 3.63) is 22.8 Å². The molecule has 0 spiro atoms. The van der Waals surface area contributed by atoms with Crippen LogP contribution in [0, 0.1) is 35.0 Å². The van der Waals surface area contributed by atoms with E-state index in [4.69, 9.17) is 0 Å². The van der Waals surface area contributed by atoms with Crippen LogP contribution in [0.4, 0.5) is 0 Å². The van der Waals surface area contributed by atoms with Gasteiger partial charge in [0.2, 0.25) is 0 Å². The third kappa shape index (κ3) is 1.86. The second kappa shape index (κ2) is 4.24. The maximum Gasteiger partial charge on any atom is -0.00911 e. The van der Waals surface area contributed by atoms with Gasteiger partial charge in [-0.3, -0.25) is 0 Å². The molecule has 0 nitrogen and oxygen atoms in total. The van der Waals surface area contributed by atoms with Gasteiger partial charge in [-0.25, -0.2) is 0 Å². The lowest BCUT2D eigenvalue weighted by Crippen LogP contribution is -2.22. The molecule has 2 saturated carbocycles. The molecule has 0 N–H and O–H groups in total. The van der Waals surface area contributed by atoms with Gasteiger partial charge in [0.25, 0.3) is 0 Å². The summed E-state index contributed by atoms with van der Waals surface area (Å²) in [6, 6.07) is 0. The zero-order chi connectivity index (χ0) is 14.1. The van der Waals surface area contributed by atoms with Crippen molar-refractivity contribution in [2.24, 2.45) is 35.0 Å². The maximum atomic E-state index is 2.59. The van der Waals surface area contributed by atoms with Gasteiger partial charge in [-0.1, -0.05) is 51.3 Å². The number of rotatable bonds is 1. The van der Waals surface area contributed by atoms with Gasteiger partial charge in [0.05, 0.1) is 0 Å². The summed E-state index contributed by atoms with van der Waals surface area (Å²) >= 11 is 0. The molecule has 5 unspecified atom stereocenters. The smallest absolute Gasteiger partial charge is 0.00911 e. The first-order valence-corrected chi connectivity index (χ1v) is 8.87. The van der Waals surface area contributed by atoms with Crippen LogP contribution in [0.3, 0.4) is 0 Å². The molecule has 4 aliphatic carbocycles. The van der Waals surface area contributed by atoms with Crippen LogP contribution in [0.1, 0.15) is 66.2 Å². The quantitative estimate of drug-likeness (QED) is 0.569. The molecule has 0 heterocycles. The van der Waals surface area contributed by atoms with Crippen LogP contribution < -0.4 is 0 Å². The van der Waals surface area contributed by atoms with Gasteiger partial charge in [0, 0.05) is 0 Å². The molecule has 0 aliphatic heterocycles. The van der Waals surface area contributed by atoms with Gasteiger partial charge >= 0.3 is 0 Å². The van der Waals surface area contributed by atoms with E-state index >= 15 is 0 Å². The molecular weight excluding hydrogens is 240 g/mol. The van der Waals surface area contributed by atoms with Crippen LogP contribution in [0.15, 0.2) is 22.8 Å². The summed E-state index contributed by atoms with van der Waals surface area (Å²) in [7, 11) is 0. The highest BCUT2D eigenvalue weighted by molar-refractivity contribution is 5.46. The Balaban J connectivity index is 1.58. The van der Waals surface area contributed by atoms with Crippen molar-refractivity contribution in [1.82, 2.24) is 0 Å². The fourth-order valence-electron chi connectivity index (χ4n) is 5.79. The van der Waals surface area contributed by atoms with Gasteiger partial charge in [0.1, 0.15) is 0 Å². The van der Waals surface area contributed by atoms with Gasteiger partial charge in [0.15, 0.2) is 0 Å². The van der Waals surface area contributed by atoms with E-state index in [9.17, 15) is 0 Å². The molecule has 0 aromatic rings. The molecule has 0 aromatic carbocycles. The topological polar surface area (TPSA) is 0 Å². The third-order valence-corrected chi connectivity index (χ3v) is 6.94. The first kappa shape index (κ1) is 13.2. The van der Waals surface area contributed by atoms with Crippen molar-refractivity contribution in [3.63, 3.8) is 0 Å². The Morgan fingerprint density at radius 3 is 2.45 bits per heavy atom. The fourth-order valence-corrected chi connectivity index (χ4v) is 5.79. The second-order valence-corrected chi connectivity index (χ2v) is 9.16. The molecule has 20 heavy (non-hydrogen) atoms. The largest absolute Gasteiger partial charge is 0.0605 e. The summed E-state index contributed by atoms with van der Waals surface area (Å²) < 4.78 is 0. The minimum atomic E-state index is 0.364. The van der Waals surface area contributed by atoms with Crippen LogP contribution in [0.5, 0.6) is 0 Å². The van der Waals surface area contributed by atoms with Crippen molar-refractivity contribution in [1.29, 1.82) is 0 Å². The first-order valence-electron chi connectivity index (χ1n) is 8.87. The van der Waals surface area contributed by atoms with Crippen LogP contribution in [-0.4, -0.2) is 0 Å². The number of hydrogen-bond acceptors (Lipinski definition) is 0. The SMILES string of the molecule is CC1CC(C2CC3CCC2C3)C2=C1C=C(C(C)(C)C)C2. The molecule has 0 aromatic heterocycles. The van der Waals surface area contributed by atoms with Gasteiger partial charge in [-0.2, -0.15) is 0 Å². The van der Waals surface area contributed by atoms with Gasteiger partial charge < -0.3 is 0 Å². The standard InChI is InChI=1S/C20H30/c1-12-7-18(17-9-13-5-6-14(17)8-13)19-11-15(10-16(12)19)20(2,3)4/h10,12-14,17-18H,5-9,11H2,1-4H3. The van der Waals surface area contributed by atoms with Crippen molar-refractivity contribution >= 4 is 0 Å². The summed E-state index contributed by atoms with van der Waals surface area (Å²) in [5.41, 5.74) is 5.69. The van der Waals surface area contributed by atoms with E-state index < -0.39 is 0 Å². The van der Waals surface area contributed by atoms with Crippen molar-refractivity contribution in [3.8, 4) is 0 Å². The van der Waals surface area contributed by atoms with E-state index in [1.54, 1.807) is 36.8 Å². The Morgan fingerprint density at radius 2 is 1.85 bits per heavy atom. The number of hydrogen-bond donors (Lipinski definition) is 0. The lowest BCUT2D eigenvalue weighted by Gasteiger charge is -2.31. The summed E-state index contributed by atoms with van der Waals surface area (Å²) in [4.78, 5) is 0. The van der Waals surface area contributed by atoms with Crippen molar-refractivity contribution < 1.29 is 0 Å². The maximum absolute atomic E-state index is 2.59. The predicted molar refractivity (Wildman–Crippen MR) is 85.4 cm³/mol. The summed E-state index contributed by atoms with van der Waals surface area (Å²) in [5.74, 6) is 5.01. The molecule has 110 valence electrons. The van der Waals surface area contributed by atoms with Crippen molar-refractivity contribution in [2.75, 3.05) is 0 Å². The van der Waals surface area contributed by atoms with Crippen LogP contribution >= 0.6 is 0 Å². The summed E-state index contributed by atoms with van der Waals surface area (Å²) in [5, 5.41) is 0. The molecule has 0 heteroatoms. The highest BCUT2D eigenvalue weighted by Gasteiger charge is 2.47. The van der Waals surface area contributed by atoms with E-state index in [0.29, 0.717) is 5.41 Å². The summed E-state index contributed by atoms with van der Waals surface area (Å²) in [6.07, 6.45) is 11.6. The molecule has 0 radical (unpaired) electrons. The highest BCUT2D eigenvalue weighted by atomic mass is 14.5. The minimum Gasteiger partial charge on any atom is -0.0605 e. The van der Waals surface area contributed by atoms with E-state index in [-0.39, 0.29) is 0 Å². The Labute approximate surface area is 124 Å². The molecule has 2 bridgehead atoms. The monoisotopic (exact) mass is 270 g/mol. The van der Waals surface area contributed by atoms with E-state index in [1.807, 2.05) is 5.57 Å². The zero-order valence-corrected chi connectivity index (χ0v) is 13.7. The predicted octanol–water partition coefficient (Wildman–Crippen LogP) is 5.75. The Bertz CT molecular complexity index is 485. The van der Waals surface area contributed by atoms with E-state index in [0.717, 1.165) is 29.6 Å². The lowest BCUT2D eigenvalue weighted by molar-refractivity contribution is 0.241. The van der Waals surface area contributed by atoms with Crippen LogP contribution in [0.25, 0.3) is 0 Å². The first-order chi connectivity index (χ1) is 9.43. The average Bonchev–Trinajstić information content (AvgIpc) is 3.08. The van der Waals surface area contributed by atoms with Crippen LogP contribution in [-0.2, 0) is 0 Å². The molecule has 4 rings (SSSR count).